The van der Waals surface area contributed by atoms with Gasteiger partial charge in [0.1, 0.15) is 5.82 Å². The highest BCUT2D eigenvalue weighted by Gasteiger charge is 2.03. The molecule has 0 radical (unpaired) electrons. The predicted molar refractivity (Wildman–Crippen MR) is 60.7 cm³/mol. The number of aromatic amines is 1. The molecule has 0 aromatic carbocycles. The lowest BCUT2D eigenvalue weighted by Crippen LogP contribution is -2.02. The van der Waals surface area contributed by atoms with Gasteiger partial charge < -0.3 is 5.32 Å². The number of nitrogens with zero attached hydrogens (tertiary/aromatic N) is 3. The highest BCUT2D eigenvalue weighted by atomic mass is 79.9. The first-order valence-corrected chi connectivity index (χ1v) is 5.32. The smallest absolute Gasteiger partial charge is 0.224 e. The van der Waals surface area contributed by atoms with E-state index >= 15 is 0 Å². The Balaban J connectivity index is 2.07. The van der Waals surface area contributed by atoms with Gasteiger partial charge in [-0.3, -0.25) is 5.10 Å². The van der Waals surface area contributed by atoms with E-state index in [2.05, 4.69) is 41.4 Å². The second-order valence-electron chi connectivity index (χ2n) is 2.80. The summed E-state index contributed by atoms with van der Waals surface area (Å²) in [6.07, 6.45) is 5.15. The Morgan fingerprint density at radius 1 is 1.47 bits per heavy atom. The molecule has 2 aromatic rings. The Hall–Kier alpha value is -1.14. The zero-order chi connectivity index (χ0) is 10.7. The van der Waals surface area contributed by atoms with E-state index in [9.17, 15) is 0 Å². The molecule has 0 aliphatic carbocycles. The molecule has 0 saturated heterocycles. The van der Waals surface area contributed by atoms with Gasteiger partial charge in [-0.05, 0) is 27.5 Å². The molecule has 2 aromatic heterocycles. The van der Waals surface area contributed by atoms with Gasteiger partial charge >= 0.3 is 0 Å². The van der Waals surface area contributed by atoms with Gasteiger partial charge in [0.2, 0.25) is 5.28 Å². The third kappa shape index (κ3) is 2.66. The Kier molecular flexibility index (Phi) is 3.17. The number of rotatable bonds is 3. The van der Waals surface area contributed by atoms with Gasteiger partial charge in [-0.15, -0.1) is 0 Å². The molecule has 0 aliphatic heterocycles. The van der Waals surface area contributed by atoms with Crippen molar-refractivity contribution in [2.75, 3.05) is 5.32 Å². The minimum atomic E-state index is 0.216. The van der Waals surface area contributed by atoms with Gasteiger partial charge in [0, 0.05) is 24.5 Å². The molecule has 0 bridgehead atoms. The third-order valence-corrected chi connectivity index (χ3v) is 2.49. The molecule has 0 unspecified atom stereocenters. The molecule has 0 fully saturated rings. The van der Waals surface area contributed by atoms with Gasteiger partial charge in [0.05, 0.1) is 10.7 Å². The highest BCUT2D eigenvalue weighted by Crippen LogP contribution is 2.20. The molecule has 0 spiro atoms. The second kappa shape index (κ2) is 4.59. The summed E-state index contributed by atoms with van der Waals surface area (Å²) < 4.78 is 0.774. The fourth-order valence-electron chi connectivity index (χ4n) is 1.03. The van der Waals surface area contributed by atoms with Gasteiger partial charge in [-0.1, -0.05) is 0 Å². The molecule has 0 atom stereocenters. The van der Waals surface area contributed by atoms with Gasteiger partial charge in [-0.2, -0.15) is 10.1 Å². The fraction of sp³-hybridized carbons (Fsp3) is 0.125. The van der Waals surface area contributed by atoms with Crippen molar-refractivity contribution in [3.05, 3.63) is 33.9 Å². The van der Waals surface area contributed by atoms with Crippen LogP contribution in [-0.4, -0.2) is 20.2 Å². The van der Waals surface area contributed by atoms with Crippen LogP contribution in [0.15, 0.2) is 23.1 Å². The molecule has 2 heterocycles. The minimum Gasteiger partial charge on any atom is -0.365 e. The first kappa shape index (κ1) is 10.4. The predicted octanol–water partition coefficient (Wildman–Crippen LogP) is 2.23. The molecular formula is C8H7BrClN5. The number of H-pyrrole nitrogens is 1. The average Bonchev–Trinajstić information content (AvgIpc) is 2.72. The summed E-state index contributed by atoms with van der Waals surface area (Å²) in [5, 5.41) is 9.90. The van der Waals surface area contributed by atoms with Crippen molar-refractivity contribution in [1.29, 1.82) is 0 Å². The van der Waals surface area contributed by atoms with Crippen molar-refractivity contribution in [3.63, 3.8) is 0 Å². The fourth-order valence-corrected chi connectivity index (χ4v) is 1.49. The molecule has 2 rings (SSSR count). The van der Waals surface area contributed by atoms with Crippen molar-refractivity contribution in [2.45, 2.75) is 6.54 Å². The van der Waals surface area contributed by atoms with Crippen LogP contribution >= 0.6 is 27.5 Å². The van der Waals surface area contributed by atoms with Crippen LogP contribution in [-0.2, 0) is 6.54 Å². The Bertz CT molecular complexity index is 444. The van der Waals surface area contributed by atoms with Crippen molar-refractivity contribution >= 4 is 33.3 Å². The normalized spacial score (nSPS) is 10.3. The summed E-state index contributed by atoms with van der Waals surface area (Å²) in [7, 11) is 0. The van der Waals surface area contributed by atoms with Crippen LogP contribution in [0.4, 0.5) is 5.82 Å². The Morgan fingerprint density at radius 3 is 3.07 bits per heavy atom. The summed E-state index contributed by atoms with van der Waals surface area (Å²) in [6, 6.07) is 0. The van der Waals surface area contributed by atoms with Crippen LogP contribution < -0.4 is 5.32 Å². The summed E-state index contributed by atoms with van der Waals surface area (Å²) in [6.45, 7) is 0.627. The lowest BCUT2D eigenvalue weighted by atomic mass is 10.3. The molecule has 15 heavy (non-hydrogen) atoms. The van der Waals surface area contributed by atoms with Gasteiger partial charge in [0.15, 0.2) is 0 Å². The second-order valence-corrected chi connectivity index (χ2v) is 3.99. The van der Waals surface area contributed by atoms with Crippen LogP contribution in [0.2, 0.25) is 5.28 Å². The highest BCUT2D eigenvalue weighted by molar-refractivity contribution is 9.10. The number of nitrogens with one attached hydrogen (secondary N) is 2. The van der Waals surface area contributed by atoms with E-state index in [1.807, 2.05) is 6.20 Å². The number of aromatic nitrogens is 4. The van der Waals surface area contributed by atoms with Crippen LogP contribution in [0.3, 0.4) is 0 Å². The Labute approximate surface area is 99.4 Å². The first-order valence-electron chi connectivity index (χ1n) is 4.15. The Morgan fingerprint density at radius 2 is 2.33 bits per heavy atom. The lowest BCUT2D eigenvalue weighted by Gasteiger charge is -2.05. The van der Waals surface area contributed by atoms with E-state index in [4.69, 9.17) is 11.6 Å². The number of anilines is 1. The number of hydrogen-bond acceptors (Lipinski definition) is 4. The van der Waals surface area contributed by atoms with E-state index in [0.29, 0.717) is 12.4 Å². The van der Waals surface area contributed by atoms with E-state index in [1.165, 1.54) is 0 Å². The maximum absolute atomic E-state index is 5.68. The van der Waals surface area contributed by atoms with Gasteiger partial charge in [0.25, 0.3) is 0 Å². The summed E-state index contributed by atoms with van der Waals surface area (Å²) >= 11 is 9.00. The van der Waals surface area contributed by atoms with E-state index in [1.54, 1.807) is 12.4 Å². The zero-order valence-corrected chi connectivity index (χ0v) is 9.88. The topological polar surface area (TPSA) is 66.5 Å². The monoisotopic (exact) mass is 287 g/mol. The molecule has 5 nitrogen and oxygen atoms in total. The van der Waals surface area contributed by atoms with Crippen LogP contribution in [0.25, 0.3) is 0 Å². The molecule has 0 saturated carbocycles. The standard InChI is InChI=1S/C8H7BrClN5/c9-6-4-12-8(10)15-7(6)11-1-5-2-13-14-3-5/h2-4H,1H2,(H,13,14)(H,11,12,15). The zero-order valence-electron chi connectivity index (χ0n) is 7.54. The number of halogens is 2. The molecule has 78 valence electrons. The summed E-state index contributed by atoms with van der Waals surface area (Å²) in [4.78, 5) is 7.87. The van der Waals surface area contributed by atoms with Crippen LogP contribution in [0, 0.1) is 0 Å². The molecule has 0 amide bonds. The minimum absolute atomic E-state index is 0.216. The van der Waals surface area contributed by atoms with E-state index in [0.717, 1.165) is 10.0 Å². The summed E-state index contributed by atoms with van der Waals surface area (Å²) in [5.41, 5.74) is 1.04. The quantitative estimate of drug-likeness (QED) is 0.850. The van der Waals surface area contributed by atoms with Crippen molar-refractivity contribution in [1.82, 2.24) is 20.2 Å². The van der Waals surface area contributed by atoms with Crippen molar-refractivity contribution in [2.24, 2.45) is 0 Å². The third-order valence-electron chi connectivity index (χ3n) is 1.73. The maximum Gasteiger partial charge on any atom is 0.224 e. The lowest BCUT2D eigenvalue weighted by molar-refractivity contribution is 1.07. The van der Waals surface area contributed by atoms with Crippen LogP contribution in [0.1, 0.15) is 5.56 Å². The SMILES string of the molecule is Clc1ncc(Br)c(NCc2cn[nH]c2)n1. The first-order chi connectivity index (χ1) is 7.25. The molecule has 2 N–H and O–H groups in total. The molecular weight excluding hydrogens is 281 g/mol. The van der Waals surface area contributed by atoms with E-state index < -0.39 is 0 Å². The largest absolute Gasteiger partial charge is 0.365 e. The van der Waals surface area contributed by atoms with E-state index in [-0.39, 0.29) is 5.28 Å². The van der Waals surface area contributed by atoms with Crippen molar-refractivity contribution < 1.29 is 0 Å². The average molecular weight is 289 g/mol. The molecule has 7 heteroatoms. The van der Waals surface area contributed by atoms with Crippen molar-refractivity contribution in [3.8, 4) is 0 Å². The number of hydrogen-bond donors (Lipinski definition) is 2. The maximum atomic E-state index is 5.68. The van der Waals surface area contributed by atoms with Gasteiger partial charge in [-0.25, -0.2) is 4.98 Å². The summed E-state index contributed by atoms with van der Waals surface area (Å²) in [5.74, 6) is 0.663. The van der Waals surface area contributed by atoms with Crippen LogP contribution in [0.5, 0.6) is 0 Å². The molecule has 0 aliphatic rings.